The third-order valence-electron chi connectivity index (χ3n) is 8.87. The molecule has 0 spiro atoms. The van der Waals surface area contributed by atoms with Crippen molar-refractivity contribution in [1.82, 2.24) is 19.9 Å². The highest BCUT2D eigenvalue weighted by molar-refractivity contribution is 5.86. The quantitative estimate of drug-likeness (QED) is 0.186. The minimum Gasteiger partial charge on any atom is -0.233 e. The maximum Gasteiger partial charge on any atom is 0.160 e. The molecule has 4 heteroatoms. The minimum absolute atomic E-state index is 0.687. The van der Waals surface area contributed by atoms with Crippen LogP contribution in [-0.2, 0) is 6.42 Å². The molecule has 0 radical (unpaired) electrons. The summed E-state index contributed by atoms with van der Waals surface area (Å²) < 4.78 is 0. The van der Waals surface area contributed by atoms with Crippen LogP contribution in [0.15, 0.2) is 140 Å². The van der Waals surface area contributed by atoms with Gasteiger partial charge in [0, 0.05) is 33.6 Å². The maximum absolute atomic E-state index is 5.20. The van der Waals surface area contributed by atoms with Crippen molar-refractivity contribution in [2.45, 2.75) is 26.7 Å². The van der Waals surface area contributed by atoms with Crippen molar-refractivity contribution in [3.05, 3.63) is 162 Å². The summed E-state index contributed by atoms with van der Waals surface area (Å²) >= 11 is 0. The molecule has 0 saturated carbocycles. The number of nitrogens with zero attached hydrogens (tertiary/aromatic N) is 4. The molecule has 0 amide bonds. The molecule has 5 aromatic carbocycles. The van der Waals surface area contributed by atoms with Crippen LogP contribution in [0.1, 0.15) is 28.9 Å². The number of benzene rings is 5. The summed E-state index contributed by atoms with van der Waals surface area (Å²) in [6.07, 6.45) is 6.67. The first-order chi connectivity index (χ1) is 23.6. The summed E-state index contributed by atoms with van der Waals surface area (Å²) in [5.41, 5.74) is 14.9. The standard InChI is InChI=1S/C44H34N4/c1-29-23-30(2)46-43(45-29)35-20-11-19-34(24-35)36-25-37(40-22-12-18-31-13-9-10-21-39(31)40)27-38(26-36)44-47-41(32-14-5-3-6-15-32)28-42(48-44)33-16-7-4-8-17-33/h3-8,10-12,14-28H,9,13H2,1-2H3. The van der Waals surface area contributed by atoms with Gasteiger partial charge in [-0.2, -0.15) is 0 Å². The lowest BCUT2D eigenvalue weighted by molar-refractivity contribution is 0.986. The number of fused-ring (bicyclic) bond motifs is 1. The summed E-state index contributed by atoms with van der Waals surface area (Å²) in [6, 6.07) is 46.7. The predicted octanol–water partition coefficient (Wildman–Crippen LogP) is 10.8. The molecule has 8 rings (SSSR count). The van der Waals surface area contributed by atoms with Crippen LogP contribution < -0.4 is 0 Å². The van der Waals surface area contributed by atoms with Crippen LogP contribution in [0.5, 0.6) is 0 Å². The molecule has 1 aliphatic rings. The minimum atomic E-state index is 0.687. The number of rotatable bonds is 6. The van der Waals surface area contributed by atoms with E-state index in [0.29, 0.717) is 5.82 Å². The van der Waals surface area contributed by atoms with Gasteiger partial charge in [0.1, 0.15) is 0 Å². The first-order valence-corrected chi connectivity index (χ1v) is 16.4. The summed E-state index contributed by atoms with van der Waals surface area (Å²) in [6.45, 7) is 4.03. The Bertz CT molecular complexity index is 2230. The predicted molar refractivity (Wildman–Crippen MR) is 197 cm³/mol. The second kappa shape index (κ2) is 12.7. The lowest BCUT2D eigenvalue weighted by Gasteiger charge is -2.17. The Kier molecular flexibility index (Phi) is 7.75. The lowest BCUT2D eigenvalue weighted by atomic mass is 9.88. The molecule has 7 aromatic rings. The molecule has 48 heavy (non-hydrogen) atoms. The number of hydrogen-bond acceptors (Lipinski definition) is 4. The van der Waals surface area contributed by atoms with Crippen molar-refractivity contribution < 1.29 is 0 Å². The Morgan fingerprint density at radius 1 is 0.438 bits per heavy atom. The molecule has 0 atom stereocenters. The van der Waals surface area contributed by atoms with Gasteiger partial charge in [-0.1, -0.05) is 109 Å². The van der Waals surface area contributed by atoms with E-state index < -0.39 is 0 Å². The van der Waals surface area contributed by atoms with Crippen molar-refractivity contribution in [3.63, 3.8) is 0 Å². The van der Waals surface area contributed by atoms with Gasteiger partial charge in [0.05, 0.1) is 11.4 Å². The Labute approximate surface area is 281 Å². The van der Waals surface area contributed by atoms with Crippen LogP contribution in [-0.4, -0.2) is 19.9 Å². The maximum atomic E-state index is 5.20. The Hall–Kier alpha value is -6.00. The molecule has 230 valence electrons. The van der Waals surface area contributed by atoms with Crippen molar-refractivity contribution in [1.29, 1.82) is 0 Å². The molecule has 2 heterocycles. The highest BCUT2D eigenvalue weighted by Gasteiger charge is 2.17. The topological polar surface area (TPSA) is 51.6 Å². The van der Waals surface area contributed by atoms with E-state index in [0.717, 1.165) is 80.4 Å². The van der Waals surface area contributed by atoms with E-state index >= 15 is 0 Å². The van der Waals surface area contributed by atoms with E-state index in [1.165, 1.54) is 16.7 Å². The van der Waals surface area contributed by atoms with E-state index in [1.54, 1.807) is 0 Å². The van der Waals surface area contributed by atoms with Gasteiger partial charge in [-0.3, -0.25) is 0 Å². The fraction of sp³-hybridized carbons (Fsp3) is 0.0909. The van der Waals surface area contributed by atoms with E-state index in [1.807, 2.05) is 32.0 Å². The van der Waals surface area contributed by atoms with Crippen LogP contribution in [0, 0.1) is 13.8 Å². The second-order valence-electron chi connectivity index (χ2n) is 12.4. The fourth-order valence-electron chi connectivity index (χ4n) is 6.58. The van der Waals surface area contributed by atoms with Crippen LogP contribution in [0.3, 0.4) is 0 Å². The molecule has 0 saturated heterocycles. The number of aromatic nitrogens is 4. The molecular weight excluding hydrogens is 585 g/mol. The third-order valence-corrected chi connectivity index (χ3v) is 8.87. The molecule has 0 fully saturated rings. The van der Waals surface area contributed by atoms with Gasteiger partial charge in [0.25, 0.3) is 0 Å². The van der Waals surface area contributed by atoms with Gasteiger partial charge in [0.15, 0.2) is 11.6 Å². The highest BCUT2D eigenvalue weighted by Crippen LogP contribution is 2.38. The molecule has 0 N–H and O–H groups in total. The van der Waals surface area contributed by atoms with Crippen molar-refractivity contribution >= 4 is 6.08 Å². The summed E-state index contributed by atoms with van der Waals surface area (Å²) in [7, 11) is 0. The summed E-state index contributed by atoms with van der Waals surface area (Å²) in [5, 5.41) is 0. The van der Waals surface area contributed by atoms with Crippen LogP contribution in [0.25, 0.3) is 73.6 Å². The van der Waals surface area contributed by atoms with Crippen molar-refractivity contribution in [2.24, 2.45) is 0 Å². The zero-order valence-electron chi connectivity index (χ0n) is 27.1. The van der Waals surface area contributed by atoms with Crippen LogP contribution in [0.4, 0.5) is 0 Å². The van der Waals surface area contributed by atoms with Crippen molar-refractivity contribution in [3.8, 4) is 67.5 Å². The largest absolute Gasteiger partial charge is 0.233 e. The zero-order chi connectivity index (χ0) is 32.5. The fourth-order valence-corrected chi connectivity index (χ4v) is 6.58. The number of aryl methyl sites for hydroxylation is 3. The molecule has 0 unspecified atom stereocenters. The Morgan fingerprint density at radius 2 is 1.00 bits per heavy atom. The third kappa shape index (κ3) is 5.96. The Morgan fingerprint density at radius 3 is 1.71 bits per heavy atom. The van der Waals surface area contributed by atoms with Crippen LogP contribution in [0.2, 0.25) is 0 Å². The summed E-state index contributed by atoms with van der Waals surface area (Å²) in [4.78, 5) is 19.9. The van der Waals surface area contributed by atoms with Gasteiger partial charge < -0.3 is 0 Å². The molecule has 1 aliphatic carbocycles. The molecule has 4 nitrogen and oxygen atoms in total. The van der Waals surface area contributed by atoms with E-state index in [-0.39, 0.29) is 0 Å². The SMILES string of the molecule is Cc1cc(C)nc(-c2cccc(-c3cc(-c4nc(-c5ccccc5)cc(-c5ccccc5)n4)cc(-c4cccc5c4C=CCC5)c3)c2)n1. The van der Waals surface area contributed by atoms with Gasteiger partial charge in [-0.25, -0.2) is 19.9 Å². The molecular formula is C44H34N4. The first-order valence-electron chi connectivity index (χ1n) is 16.4. The summed E-state index contributed by atoms with van der Waals surface area (Å²) in [5.74, 6) is 1.42. The van der Waals surface area contributed by atoms with Gasteiger partial charge in [-0.05, 0) is 96.5 Å². The second-order valence-corrected chi connectivity index (χ2v) is 12.4. The molecule has 2 aromatic heterocycles. The highest BCUT2D eigenvalue weighted by atomic mass is 14.9. The normalized spacial score (nSPS) is 12.1. The lowest BCUT2D eigenvalue weighted by Crippen LogP contribution is -1.99. The number of allylic oxidation sites excluding steroid dienone is 1. The average molecular weight is 619 g/mol. The van der Waals surface area contributed by atoms with E-state index in [9.17, 15) is 0 Å². The molecule has 0 bridgehead atoms. The Balaban J connectivity index is 1.35. The zero-order valence-corrected chi connectivity index (χ0v) is 27.1. The van der Waals surface area contributed by atoms with Crippen molar-refractivity contribution in [2.75, 3.05) is 0 Å². The monoisotopic (exact) mass is 618 g/mol. The number of hydrogen-bond donors (Lipinski definition) is 0. The average Bonchev–Trinajstić information content (AvgIpc) is 3.14. The van der Waals surface area contributed by atoms with E-state index in [4.69, 9.17) is 19.9 Å². The van der Waals surface area contributed by atoms with Gasteiger partial charge in [0.2, 0.25) is 0 Å². The smallest absolute Gasteiger partial charge is 0.160 e. The van der Waals surface area contributed by atoms with E-state index in [2.05, 4.69) is 127 Å². The van der Waals surface area contributed by atoms with Gasteiger partial charge >= 0.3 is 0 Å². The van der Waals surface area contributed by atoms with Crippen LogP contribution >= 0.6 is 0 Å². The van der Waals surface area contributed by atoms with Gasteiger partial charge in [-0.15, -0.1) is 0 Å². The molecule has 0 aliphatic heterocycles. The first kappa shape index (κ1) is 29.4.